The molecule has 31 heavy (non-hydrogen) atoms. The van der Waals surface area contributed by atoms with E-state index in [-0.39, 0.29) is 11.9 Å². The van der Waals surface area contributed by atoms with Crippen LogP contribution in [0.4, 0.5) is 20.8 Å². The number of aromatic nitrogens is 3. The molecule has 1 saturated carbocycles. The highest BCUT2D eigenvalue weighted by Crippen LogP contribution is 2.40. The fraction of sp³-hybridized carbons (Fsp3) is 0.409. The normalized spacial score (nSPS) is 23.4. The van der Waals surface area contributed by atoms with Crippen molar-refractivity contribution < 1.29 is 13.9 Å². The smallest absolute Gasteiger partial charge is 0.416 e. The second-order valence-electron chi connectivity index (χ2n) is 8.28. The molecule has 1 aliphatic carbocycles. The lowest BCUT2D eigenvalue weighted by molar-refractivity contribution is 0.0148. The third-order valence-corrected chi connectivity index (χ3v) is 6.89. The van der Waals surface area contributed by atoms with Gasteiger partial charge in [0.2, 0.25) is 0 Å². The molecule has 0 radical (unpaired) electrons. The zero-order valence-corrected chi connectivity index (χ0v) is 18.1. The van der Waals surface area contributed by atoms with Crippen LogP contribution < -0.4 is 10.2 Å². The van der Waals surface area contributed by atoms with Gasteiger partial charge in [-0.05, 0) is 50.7 Å². The van der Waals surface area contributed by atoms with E-state index in [0.29, 0.717) is 24.0 Å². The van der Waals surface area contributed by atoms with E-state index in [0.717, 1.165) is 43.1 Å². The molecule has 2 aromatic heterocycles. The van der Waals surface area contributed by atoms with Crippen LogP contribution in [0, 0.1) is 18.7 Å². The van der Waals surface area contributed by atoms with Crippen LogP contribution in [0.15, 0.2) is 41.9 Å². The second kappa shape index (κ2) is 7.96. The van der Waals surface area contributed by atoms with Crippen LogP contribution in [-0.4, -0.2) is 39.5 Å². The van der Waals surface area contributed by atoms with Gasteiger partial charge in [0.05, 0.1) is 11.6 Å². The van der Waals surface area contributed by atoms with Crippen LogP contribution >= 0.6 is 11.3 Å². The predicted octanol–water partition coefficient (Wildman–Crippen LogP) is 4.77. The summed E-state index contributed by atoms with van der Waals surface area (Å²) >= 11 is 1.54. The molecule has 1 spiro atoms. The van der Waals surface area contributed by atoms with Crippen molar-refractivity contribution in [2.45, 2.75) is 38.2 Å². The van der Waals surface area contributed by atoms with E-state index >= 15 is 0 Å². The molecule has 1 aromatic carbocycles. The molecule has 1 saturated heterocycles. The molecule has 2 aliphatic rings. The van der Waals surface area contributed by atoms with Gasteiger partial charge < -0.3 is 10.1 Å². The first-order chi connectivity index (χ1) is 15.0. The number of anilines is 2. The predicted molar refractivity (Wildman–Crippen MR) is 117 cm³/mol. The quantitative estimate of drug-likeness (QED) is 0.617. The van der Waals surface area contributed by atoms with Gasteiger partial charge in [0.15, 0.2) is 0 Å². The minimum Gasteiger partial charge on any atom is -0.441 e. The number of para-hydroxylation sites is 1. The molecule has 1 aliphatic heterocycles. The minimum atomic E-state index is -0.405. The zero-order chi connectivity index (χ0) is 21.4. The Balaban J connectivity index is 1.15. The summed E-state index contributed by atoms with van der Waals surface area (Å²) in [5.74, 6) is 1.58. The molecule has 5 rings (SSSR count). The summed E-state index contributed by atoms with van der Waals surface area (Å²) < 4.78 is 21.3. The van der Waals surface area contributed by atoms with Crippen LogP contribution in [0.3, 0.4) is 0 Å². The van der Waals surface area contributed by atoms with Gasteiger partial charge in [-0.2, -0.15) is 5.10 Å². The van der Waals surface area contributed by atoms with Crippen molar-refractivity contribution >= 4 is 29.1 Å². The molecule has 3 aromatic rings. The van der Waals surface area contributed by atoms with Gasteiger partial charge in [-0.3, -0.25) is 4.90 Å². The Morgan fingerprint density at radius 1 is 1.29 bits per heavy atom. The number of thiazole rings is 1. The number of aryl methyl sites for hydroxylation is 1. The average Bonchev–Trinajstić information content (AvgIpc) is 3.48. The Hall–Kier alpha value is -2.94. The molecule has 2 fully saturated rings. The lowest BCUT2D eigenvalue weighted by Crippen LogP contribution is -2.39. The van der Waals surface area contributed by atoms with E-state index in [1.807, 2.05) is 18.4 Å². The highest BCUT2D eigenvalue weighted by molar-refractivity contribution is 7.09. The number of benzene rings is 1. The van der Waals surface area contributed by atoms with Crippen molar-refractivity contribution in [3.8, 4) is 5.69 Å². The summed E-state index contributed by atoms with van der Waals surface area (Å²) in [4.78, 5) is 18.5. The standard InChI is InChI=1S/C22H24FN5O2S/c1-15-25-20(13-31-15)27-14-22(30-21(27)29)9-6-16(7-10-22)12-24-19-8-11-28(26-19)18-5-3-2-4-17(18)23/h2-5,8,11,13,16H,6-7,9-10,12,14H2,1H3,(H,24,26)/t16-,22-. The summed E-state index contributed by atoms with van der Waals surface area (Å²) in [6, 6.07) is 8.43. The maximum Gasteiger partial charge on any atom is 0.416 e. The topological polar surface area (TPSA) is 72.3 Å². The molecule has 162 valence electrons. The SMILES string of the molecule is Cc1nc(N2C[C@]3(CC[C@@H](CNc4ccn(-c5ccccc5F)n4)CC3)OC2=O)cs1. The number of halogens is 1. The maximum absolute atomic E-state index is 13.9. The third kappa shape index (κ3) is 4.01. The summed E-state index contributed by atoms with van der Waals surface area (Å²) in [5, 5.41) is 10.7. The van der Waals surface area contributed by atoms with Crippen LogP contribution in [-0.2, 0) is 4.74 Å². The van der Waals surface area contributed by atoms with Crippen molar-refractivity contribution in [1.29, 1.82) is 0 Å². The molecule has 0 unspecified atom stereocenters. The highest BCUT2D eigenvalue weighted by Gasteiger charge is 2.48. The Labute approximate surface area is 183 Å². The number of hydrogen-bond donors (Lipinski definition) is 1. The fourth-order valence-electron chi connectivity index (χ4n) is 4.38. The van der Waals surface area contributed by atoms with E-state index in [4.69, 9.17) is 4.74 Å². The van der Waals surface area contributed by atoms with Gasteiger partial charge in [-0.1, -0.05) is 12.1 Å². The number of ether oxygens (including phenoxy) is 1. The largest absolute Gasteiger partial charge is 0.441 e. The number of carbonyl (C=O) groups excluding carboxylic acids is 1. The van der Waals surface area contributed by atoms with E-state index in [1.54, 1.807) is 34.0 Å². The molecule has 9 heteroatoms. The van der Waals surface area contributed by atoms with Crippen molar-refractivity contribution in [1.82, 2.24) is 14.8 Å². The van der Waals surface area contributed by atoms with Crippen molar-refractivity contribution in [2.75, 3.05) is 23.3 Å². The molecular weight excluding hydrogens is 417 g/mol. The van der Waals surface area contributed by atoms with Crippen molar-refractivity contribution in [3.63, 3.8) is 0 Å². The molecule has 3 heterocycles. The fourth-order valence-corrected chi connectivity index (χ4v) is 4.98. The Bertz CT molecular complexity index is 1090. The Kier molecular flexibility index (Phi) is 5.13. The summed E-state index contributed by atoms with van der Waals surface area (Å²) in [7, 11) is 0. The van der Waals surface area contributed by atoms with Gasteiger partial charge in [0, 0.05) is 24.2 Å². The van der Waals surface area contributed by atoms with E-state index in [2.05, 4.69) is 15.4 Å². The van der Waals surface area contributed by atoms with E-state index in [1.165, 1.54) is 17.4 Å². The highest BCUT2D eigenvalue weighted by atomic mass is 32.1. The van der Waals surface area contributed by atoms with Gasteiger partial charge in [0.1, 0.15) is 28.7 Å². The first kappa shape index (κ1) is 20.0. The Morgan fingerprint density at radius 2 is 2.10 bits per heavy atom. The Morgan fingerprint density at radius 3 is 2.84 bits per heavy atom. The maximum atomic E-state index is 13.9. The molecule has 0 atom stereocenters. The molecule has 1 amide bonds. The van der Waals surface area contributed by atoms with Crippen LogP contribution in [0.2, 0.25) is 0 Å². The second-order valence-corrected chi connectivity index (χ2v) is 9.35. The lowest BCUT2D eigenvalue weighted by atomic mass is 9.78. The lowest BCUT2D eigenvalue weighted by Gasteiger charge is -2.35. The molecule has 1 N–H and O–H groups in total. The van der Waals surface area contributed by atoms with E-state index in [9.17, 15) is 9.18 Å². The molecule has 0 bridgehead atoms. The first-order valence-corrected chi connectivity index (χ1v) is 11.4. The first-order valence-electron chi connectivity index (χ1n) is 10.5. The van der Waals surface area contributed by atoms with Crippen LogP contribution in [0.5, 0.6) is 0 Å². The van der Waals surface area contributed by atoms with Crippen molar-refractivity contribution in [2.24, 2.45) is 5.92 Å². The number of hydrogen-bond acceptors (Lipinski definition) is 6. The van der Waals surface area contributed by atoms with Crippen LogP contribution in [0.1, 0.15) is 30.7 Å². The van der Waals surface area contributed by atoms with E-state index < -0.39 is 5.60 Å². The minimum absolute atomic E-state index is 0.291. The number of nitrogens with zero attached hydrogens (tertiary/aromatic N) is 4. The number of nitrogens with one attached hydrogen (secondary N) is 1. The van der Waals surface area contributed by atoms with Crippen LogP contribution in [0.25, 0.3) is 5.69 Å². The third-order valence-electron chi connectivity index (χ3n) is 6.13. The molecular formula is C22H24FN5O2S. The monoisotopic (exact) mass is 441 g/mol. The van der Waals surface area contributed by atoms with Gasteiger partial charge >= 0.3 is 6.09 Å². The summed E-state index contributed by atoms with van der Waals surface area (Å²) in [6.45, 7) is 3.29. The average molecular weight is 442 g/mol. The number of carbonyl (C=O) groups is 1. The number of rotatable bonds is 5. The summed E-state index contributed by atoms with van der Waals surface area (Å²) in [6.07, 6.45) is 5.09. The summed E-state index contributed by atoms with van der Waals surface area (Å²) in [5.41, 5.74) is 0.0235. The van der Waals surface area contributed by atoms with Gasteiger partial charge in [-0.25, -0.2) is 18.9 Å². The van der Waals surface area contributed by atoms with Crippen molar-refractivity contribution in [3.05, 3.63) is 52.7 Å². The number of amides is 1. The van der Waals surface area contributed by atoms with Gasteiger partial charge in [-0.15, -0.1) is 11.3 Å². The zero-order valence-electron chi connectivity index (χ0n) is 17.3. The molecule has 7 nitrogen and oxygen atoms in total. The van der Waals surface area contributed by atoms with Gasteiger partial charge in [0.25, 0.3) is 0 Å².